The summed E-state index contributed by atoms with van der Waals surface area (Å²) in [5.74, 6) is 1.55. The number of methoxy groups -OCH3 is 1. The number of nitrogens with zero attached hydrogens (tertiary/aromatic N) is 3. The topological polar surface area (TPSA) is 48.8 Å². The molecule has 2 aromatic rings. The molecule has 0 atom stereocenters. The summed E-state index contributed by atoms with van der Waals surface area (Å²) in [5, 5.41) is 10.5. The van der Waals surface area contributed by atoms with Gasteiger partial charge in [-0.05, 0) is 23.8 Å². The molecule has 0 spiro atoms. The number of halogens is 2. The molecule has 0 radical (unpaired) electrons. The van der Waals surface area contributed by atoms with E-state index in [1.807, 2.05) is 24.4 Å². The molecule has 0 amide bonds. The van der Waals surface area contributed by atoms with Gasteiger partial charge in [-0.3, -0.25) is 4.90 Å². The first-order valence-electron chi connectivity index (χ1n) is 7.61. The zero-order valence-electron chi connectivity index (χ0n) is 13.5. The third-order valence-corrected chi connectivity index (χ3v) is 4.44. The SMILES string of the molecule is COc1cc(Cl)c(CN2CCN(c3ccccn3)CC2)cc1O.Cl. The van der Waals surface area contributed by atoms with Crippen LogP contribution in [0, 0.1) is 0 Å². The molecular weight excluding hydrogens is 349 g/mol. The minimum absolute atomic E-state index is 0. The molecule has 24 heavy (non-hydrogen) atoms. The Morgan fingerprint density at radius 2 is 1.96 bits per heavy atom. The van der Waals surface area contributed by atoms with Crippen LogP contribution in [0.3, 0.4) is 0 Å². The molecule has 0 bridgehead atoms. The number of hydrogen-bond acceptors (Lipinski definition) is 5. The Kier molecular flexibility index (Phi) is 6.54. The minimum atomic E-state index is 0. The molecule has 2 heterocycles. The van der Waals surface area contributed by atoms with Crippen LogP contribution >= 0.6 is 24.0 Å². The summed E-state index contributed by atoms with van der Waals surface area (Å²) in [4.78, 5) is 9.00. The summed E-state index contributed by atoms with van der Waals surface area (Å²) < 4.78 is 5.07. The molecule has 1 N–H and O–H groups in total. The summed E-state index contributed by atoms with van der Waals surface area (Å²) in [6.45, 7) is 4.43. The van der Waals surface area contributed by atoms with E-state index in [0.29, 0.717) is 17.3 Å². The highest BCUT2D eigenvalue weighted by Crippen LogP contribution is 2.32. The predicted octanol–water partition coefficient (Wildman–Crippen LogP) is 3.19. The standard InChI is InChI=1S/C17H20ClN3O2.ClH/c1-23-16-11-14(18)13(10-15(16)22)12-20-6-8-21(9-7-20)17-4-2-3-5-19-17;/h2-5,10-11,22H,6-9,12H2,1H3;1H. The fourth-order valence-electron chi connectivity index (χ4n) is 2.79. The fraction of sp³-hybridized carbons (Fsp3) is 0.353. The molecule has 0 saturated carbocycles. The summed E-state index contributed by atoms with van der Waals surface area (Å²) in [7, 11) is 1.52. The van der Waals surface area contributed by atoms with Gasteiger partial charge in [0.15, 0.2) is 11.5 Å². The van der Waals surface area contributed by atoms with Crippen molar-refractivity contribution >= 4 is 29.8 Å². The maximum absolute atomic E-state index is 9.92. The van der Waals surface area contributed by atoms with E-state index >= 15 is 0 Å². The Labute approximate surface area is 153 Å². The first-order chi connectivity index (χ1) is 11.2. The van der Waals surface area contributed by atoms with Crippen LogP contribution in [0.15, 0.2) is 36.5 Å². The van der Waals surface area contributed by atoms with Crippen molar-refractivity contribution in [3.05, 3.63) is 47.1 Å². The highest BCUT2D eigenvalue weighted by Gasteiger charge is 2.19. The van der Waals surface area contributed by atoms with Gasteiger partial charge in [0.2, 0.25) is 0 Å². The molecule has 0 unspecified atom stereocenters. The van der Waals surface area contributed by atoms with Crippen LogP contribution in [-0.2, 0) is 6.54 Å². The summed E-state index contributed by atoms with van der Waals surface area (Å²) >= 11 is 6.29. The van der Waals surface area contributed by atoms with Crippen LogP contribution in [0.2, 0.25) is 5.02 Å². The molecule has 130 valence electrons. The Morgan fingerprint density at radius 1 is 1.21 bits per heavy atom. The Balaban J connectivity index is 0.00000208. The molecular formula is C17H21Cl2N3O2. The molecule has 0 aliphatic carbocycles. The van der Waals surface area contributed by atoms with Crippen molar-refractivity contribution < 1.29 is 9.84 Å². The van der Waals surface area contributed by atoms with Crippen LogP contribution in [0.4, 0.5) is 5.82 Å². The second-order valence-corrected chi connectivity index (χ2v) is 5.97. The van der Waals surface area contributed by atoms with Crippen molar-refractivity contribution in [2.75, 3.05) is 38.2 Å². The van der Waals surface area contributed by atoms with Crippen LogP contribution < -0.4 is 9.64 Å². The number of anilines is 1. The Hall–Kier alpha value is -1.69. The minimum Gasteiger partial charge on any atom is -0.504 e. The summed E-state index contributed by atoms with van der Waals surface area (Å²) in [6.07, 6.45) is 1.82. The summed E-state index contributed by atoms with van der Waals surface area (Å²) in [5.41, 5.74) is 0.913. The van der Waals surface area contributed by atoms with Gasteiger partial charge in [0, 0.05) is 50.0 Å². The molecule has 7 heteroatoms. The van der Waals surface area contributed by atoms with Crippen molar-refractivity contribution in [1.82, 2.24) is 9.88 Å². The Morgan fingerprint density at radius 3 is 2.58 bits per heavy atom. The average molecular weight is 370 g/mol. The van der Waals surface area contributed by atoms with E-state index in [4.69, 9.17) is 16.3 Å². The van der Waals surface area contributed by atoms with Crippen molar-refractivity contribution in [2.45, 2.75) is 6.54 Å². The monoisotopic (exact) mass is 369 g/mol. The third kappa shape index (κ3) is 4.23. The fourth-order valence-corrected chi connectivity index (χ4v) is 3.00. The van der Waals surface area contributed by atoms with Crippen molar-refractivity contribution in [3.63, 3.8) is 0 Å². The van der Waals surface area contributed by atoms with Crippen LogP contribution in [0.25, 0.3) is 0 Å². The van der Waals surface area contributed by atoms with Gasteiger partial charge in [-0.1, -0.05) is 17.7 Å². The van der Waals surface area contributed by atoms with E-state index in [1.165, 1.54) is 7.11 Å². The van der Waals surface area contributed by atoms with E-state index in [-0.39, 0.29) is 18.2 Å². The molecule has 3 rings (SSSR count). The second-order valence-electron chi connectivity index (χ2n) is 5.57. The number of piperazine rings is 1. The van der Waals surface area contributed by atoms with E-state index in [0.717, 1.165) is 37.6 Å². The Bertz CT molecular complexity index is 662. The van der Waals surface area contributed by atoms with Gasteiger partial charge in [-0.15, -0.1) is 12.4 Å². The van der Waals surface area contributed by atoms with E-state index in [1.54, 1.807) is 12.1 Å². The van der Waals surface area contributed by atoms with Crippen molar-refractivity contribution in [2.24, 2.45) is 0 Å². The van der Waals surface area contributed by atoms with E-state index < -0.39 is 0 Å². The predicted molar refractivity (Wildman–Crippen MR) is 98.6 cm³/mol. The van der Waals surface area contributed by atoms with Crippen LogP contribution in [0.5, 0.6) is 11.5 Å². The highest BCUT2D eigenvalue weighted by molar-refractivity contribution is 6.31. The number of hydrogen-bond donors (Lipinski definition) is 1. The largest absolute Gasteiger partial charge is 0.504 e. The van der Waals surface area contributed by atoms with Crippen LogP contribution in [-0.4, -0.2) is 48.3 Å². The van der Waals surface area contributed by atoms with Crippen molar-refractivity contribution in [3.8, 4) is 11.5 Å². The number of benzene rings is 1. The normalized spacial score (nSPS) is 15.0. The molecule has 1 aromatic carbocycles. The zero-order chi connectivity index (χ0) is 16.2. The number of aromatic hydroxyl groups is 1. The van der Waals surface area contributed by atoms with E-state index in [9.17, 15) is 5.11 Å². The zero-order valence-corrected chi connectivity index (χ0v) is 15.1. The molecule has 1 aliphatic rings. The number of aromatic nitrogens is 1. The molecule has 5 nitrogen and oxygen atoms in total. The number of ether oxygens (including phenoxy) is 1. The number of phenolic OH excluding ortho intramolecular Hbond substituents is 1. The number of phenols is 1. The number of rotatable bonds is 4. The molecule has 1 aliphatic heterocycles. The van der Waals surface area contributed by atoms with Gasteiger partial charge < -0.3 is 14.7 Å². The van der Waals surface area contributed by atoms with Crippen molar-refractivity contribution in [1.29, 1.82) is 0 Å². The van der Waals surface area contributed by atoms with Gasteiger partial charge in [0.25, 0.3) is 0 Å². The molecule has 1 saturated heterocycles. The van der Waals surface area contributed by atoms with E-state index in [2.05, 4.69) is 14.8 Å². The highest BCUT2D eigenvalue weighted by atomic mass is 35.5. The lowest BCUT2D eigenvalue weighted by molar-refractivity contribution is 0.249. The van der Waals surface area contributed by atoms with Gasteiger partial charge in [0.05, 0.1) is 7.11 Å². The van der Waals surface area contributed by atoms with Gasteiger partial charge in [0.1, 0.15) is 5.82 Å². The van der Waals surface area contributed by atoms with Gasteiger partial charge in [-0.25, -0.2) is 4.98 Å². The lowest BCUT2D eigenvalue weighted by Gasteiger charge is -2.35. The molecule has 1 aromatic heterocycles. The van der Waals surface area contributed by atoms with Crippen LogP contribution in [0.1, 0.15) is 5.56 Å². The maximum atomic E-state index is 9.92. The lowest BCUT2D eigenvalue weighted by Crippen LogP contribution is -2.46. The first-order valence-corrected chi connectivity index (χ1v) is 7.99. The average Bonchev–Trinajstić information content (AvgIpc) is 2.59. The molecule has 1 fully saturated rings. The van der Waals surface area contributed by atoms with Gasteiger partial charge in [-0.2, -0.15) is 0 Å². The maximum Gasteiger partial charge on any atom is 0.161 e. The quantitative estimate of drug-likeness (QED) is 0.896. The second kappa shape index (κ2) is 8.42. The smallest absolute Gasteiger partial charge is 0.161 e. The first kappa shape index (κ1) is 18.6. The lowest BCUT2D eigenvalue weighted by atomic mass is 10.1. The number of pyridine rings is 1. The summed E-state index contributed by atoms with van der Waals surface area (Å²) in [6, 6.07) is 9.32. The third-order valence-electron chi connectivity index (χ3n) is 4.09. The van der Waals surface area contributed by atoms with Gasteiger partial charge >= 0.3 is 0 Å².